The quantitative estimate of drug-likeness (QED) is 0.730. The van der Waals surface area contributed by atoms with E-state index in [2.05, 4.69) is 25.9 Å². The summed E-state index contributed by atoms with van der Waals surface area (Å²) in [5, 5.41) is 8.88. The third-order valence-corrected chi connectivity index (χ3v) is 4.45. The Hall–Kier alpha value is -2.65. The molecular weight excluding hydrogens is 338 g/mol. The number of anilines is 1. The fourth-order valence-corrected chi connectivity index (χ4v) is 3.28. The Kier molecular flexibility index (Phi) is 4.72. The molecule has 4 heterocycles. The average Bonchev–Trinajstić information content (AvgIpc) is 3.36. The maximum atomic E-state index is 11.7. The molecule has 3 N–H and O–H groups in total. The van der Waals surface area contributed by atoms with Crippen LogP contribution in [0.15, 0.2) is 35.1 Å². The lowest BCUT2D eigenvalue weighted by atomic mass is 10.1. The predicted octanol–water partition coefficient (Wildman–Crippen LogP) is 1.00. The van der Waals surface area contributed by atoms with E-state index in [1.54, 1.807) is 18.5 Å². The molecule has 2 amide bonds. The van der Waals surface area contributed by atoms with Gasteiger partial charge in [-0.05, 0) is 25.1 Å². The summed E-state index contributed by atoms with van der Waals surface area (Å²) in [7, 11) is 0. The number of nitrogens with one attached hydrogen (secondary N) is 3. The van der Waals surface area contributed by atoms with E-state index in [1.165, 1.54) is 0 Å². The third kappa shape index (κ3) is 3.35. The highest BCUT2D eigenvalue weighted by Gasteiger charge is 2.48. The SMILES string of the molecule is CCNC(=O)N[C@@H]1CO[C@@H]2[C@@H]1OC[C@@H]2Nc1nccc(-c2ccco2)n1. The fourth-order valence-electron chi connectivity index (χ4n) is 3.28. The first-order valence-corrected chi connectivity index (χ1v) is 8.65. The van der Waals surface area contributed by atoms with Crippen molar-refractivity contribution >= 4 is 12.0 Å². The van der Waals surface area contributed by atoms with Gasteiger partial charge in [0.05, 0.1) is 31.6 Å². The van der Waals surface area contributed by atoms with Gasteiger partial charge in [0.15, 0.2) is 5.76 Å². The summed E-state index contributed by atoms with van der Waals surface area (Å²) in [4.78, 5) is 20.5. The van der Waals surface area contributed by atoms with E-state index in [9.17, 15) is 4.79 Å². The van der Waals surface area contributed by atoms with Crippen LogP contribution in [0.5, 0.6) is 0 Å². The van der Waals surface area contributed by atoms with Gasteiger partial charge in [-0.3, -0.25) is 0 Å². The highest BCUT2D eigenvalue weighted by atomic mass is 16.6. The molecule has 9 nitrogen and oxygen atoms in total. The Balaban J connectivity index is 1.40. The van der Waals surface area contributed by atoms with Crippen molar-refractivity contribution in [3.8, 4) is 11.5 Å². The molecule has 9 heteroatoms. The third-order valence-electron chi connectivity index (χ3n) is 4.45. The van der Waals surface area contributed by atoms with Crippen LogP contribution >= 0.6 is 0 Å². The summed E-state index contributed by atoms with van der Waals surface area (Å²) in [5.41, 5.74) is 0.700. The van der Waals surface area contributed by atoms with E-state index >= 15 is 0 Å². The van der Waals surface area contributed by atoms with Gasteiger partial charge in [-0.25, -0.2) is 14.8 Å². The van der Waals surface area contributed by atoms with Gasteiger partial charge in [-0.2, -0.15) is 0 Å². The van der Waals surface area contributed by atoms with Gasteiger partial charge in [0.2, 0.25) is 5.95 Å². The molecule has 0 bridgehead atoms. The minimum atomic E-state index is -0.212. The largest absolute Gasteiger partial charge is 0.463 e. The Labute approximate surface area is 150 Å². The number of fused-ring (bicyclic) bond motifs is 1. The first-order chi connectivity index (χ1) is 12.7. The van der Waals surface area contributed by atoms with Crippen molar-refractivity contribution in [2.24, 2.45) is 0 Å². The van der Waals surface area contributed by atoms with Gasteiger partial charge in [-0.15, -0.1) is 0 Å². The zero-order chi connectivity index (χ0) is 17.9. The smallest absolute Gasteiger partial charge is 0.315 e. The van der Waals surface area contributed by atoms with Gasteiger partial charge in [0.25, 0.3) is 0 Å². The standard InChI is InChI=1S/C17H21N5O4/c1-2-18-17(23)22-12-9-26-14-11(8-25-15(12)14)21-16-19-6-5-10(20-16)13-4-3-7-24-13/h3-7,11-12,14-15H,2,8-9H2,1H3,(H2,18,22,23)(H,19,20,21)/t11-,12+,14-,15+/m0/s1. The van der Waals surface area contributed by atoms with Crippen LogP contribution in [0.1, 0.15) is 6.92 Å². The molecule has 0 aromatic carbocycles. The van der Waals surface area contributed by atoms with E-state index in [-0.39, 0.29) is 30.3 Å². The number of carbonyl (C=O) groups is 1. The molecule has 2 aromatic heterocycles. The van der Waals surface area contributed by atoms with Crippen LogP contribution in [0, 0.1) is 0 Å². The van der Waals surface area contributed by atoms with Crippen molar-refractivity contribution in [1.82, 2.24) is 20.6 Å². The lowest BCUT2D eigenvalue weighted by Gasteiger charge is -2.18. The summed E-state index contributed by atoms with van der Waals surface area (Å²) in [6.07, 6.45) is 2.92. The van der Waals surface area contributed by atoms with E-state index in [0.29, 0.717) is 37.2 Å². The zero-order valence-corrected chi connectivity index (χ0v) is 14.3. The minimum Gasteiger partial charge on any atom is -0.463 e. The van der Waals surface area contributed by atoms with Crippen molar-refractivity contribution in [3.63, 3.8) is 0 Å². The monoisotopic (exact) mass is 359 g/mol. The van der Waals surface area contributed by atoms with Crippen molar-refractivity contribution in [2.75, 3.05) is 25.1 Å². The maximum Gasteiger partial charge on any atom is 0.315 e. The van der Waals surface area contributed by atoms with Crippen LogP contribution in [0.25, 0.3) is 11.5 Å². The molecule has 2 fully saturated rings. The first kappa shape index (κ1) is 16.8. The normalized spacial score (nSPS) is 27.1. The number of hydrogen-bond donors (Lipinski definition) is 3. The maximum absolute atomic E-state index is 11.7. The highest BCUT2D eigenvalue weighted by Crippen LogP contribution is 2.29. The predicted molar refractivity (Wildman–Crippen MR) is 92.6 cm³/mol. The molecule has 0 spiro atoms. The second kappa shape index (κ2) is 7.30. The number of nitrogens with zero attached hydrogens (tertiary/aromatic N) is 2. The van der Waals surface area contributed by atoms with Gasteiger partial charge >= 0.3 is 6.03 Å². The molecule has 0 radical (unpaired) electrons. The van der Waals surface area contributed by atoms with Gasteiger partial charge in [0, 0.05) is 12.7 Å². The number of carbonyl (C=O) groups excluding carboxylic acids is 1. The van der Waals surface area contributed by atoms with E-state index in [1.807, 2.05) is 19.1 Å². The lowest BCUT2D eigenvalue weighted by molar-refractivity contribution is 0.0682. The lowest BCUT2D eigenvalue weighted by Crippen LogP contribution is -2.48. The average molecular weight is 359 g/mol. The molecular formula is C17H21N5O4. The van der Waals surface area contributed by atoms with Crippen LogP contribution in [0.3, 0.4) is 0 Å². The Morgan fingerprint density at radius 3 is 2.81 bits per heavy atom. The summed E-state index contributed by atoms with van der Waals surface area (Å²) >= 11 is 0. The Morgan fingerprint density at radius 1 is 1.23 bits per heavy atom. The summed E-state index contributed by atoms with van der Waals surface area (Å²) < 4.78 is 17.1. The molecule has 0 saturated carbocycles. The number of hydrogen-bond acceptors (Lipinski definition) is 7. The molecule has 0 unspecified atom stereocenters. The minimum absolute atomic E-state index is 0.0899. The number of amides is 2. The molecule has 4 atom stereocenters. The van der Waals surface area contributed by atoms with E-state index in [4.69, 9.17) is 13.9 Å². The summed E-state index contributed by atoms with van der Waals surface area (Å²) in [6, 6.07) is 4.97. The van der Waals surface area contributed by atoms with E-state index < -0.39 is 0 Å². The zero-order valence-electron chi connectivity index (χ0n) is 14.3. The molecule has 0 aliphatic carbocycles. The van der Waals surface area contributed by atoms with Crippen LogP contribution < -0.4 is 16.0 Å². The van der Waals surface area contributed by atoms with Crippen molar-refractivity contribution in [2.45, 2.75) is 31.2 Å². The first-order valence-electron chi connectivity index (χ1n) is 8.65. The van der Waals surface area contributed by atoms with Crippen LogP contribution in [-0.2, 0) is 9.47 Å². The van der Waals surface area contributed by atoms with Crippen LogP contribution in [-0.4, -0.2) is 60.0 Å². The van der Waals surface area contributed by atoms with Crippen molar-refractivity contribution < 1.29 is 18.7 Å². The molecule has 2 aromatic rings. The van der Waals surface area contributed by atoms with Gasteiger partial charge in [-0.1, -0.05) is 0 Å². The van der Waals surface area contributed by atoms with Gasteiger partial charge in [0.1, 0.15) is 17.9 Å². The number of rotatable bonds is 5. The van der Waals surface area contributed by atoms with Crippen LogP contribution in [0.4, 0.5) is 10.7 Å². The second-order valence-electron chi connectivity index (χ2n) is 6.20. The Bertz CT molecular complexity index is 753. The fraction of sp³-hybridized carbons (Fsp3) is 0.471. The second-order valence-corrected chi connectivity index (χ2v) is 6.20. The topological polar surface area (TPSA) is 111 Å². The van der Waals surface area contributed by atoms with Gasteiger partial charge < -0.3 is 29.8 Å². The number of urea groups is 1. The summed E-state index contributed by atoms with van der Waals surface area (Å²) in [5.74, 6) is 1.16. The Morgan fingerprint density at radius 2 is 2.04 bits per heavy atom. The number of ether oxygens (including phenoxy) is 2. The van der Waals surface area contributed by atoms with Crippen LogP contribution in [0.2, 0.25) is 0 Å². The molecule has 138 valence electrons. The molecule has 26 heavy (non-hydrogen) atoms. The number of aromatic nitrogens is 2. The summed E-state index contributed by atoms with van der Waals surface area (Å²) in [6.45, 7) is 3.31. The molecule has 2 aliphatic rings. The molecule has 2 saturated heterocycles. The highest BCUT2D eigenvalue weighted by molar-refractivity contribution is 5.74. The number of furan rings is 1. The molecule has 4 rings (SSSR count). The van der Waals surface area contributed by atoms with E-state index in [0.717, 1.165) is 0 Å². The van der Waals surface area contributed by atoms with Crippen molar-refractivity contribution in [1.29, 1.82) is 0 Å². The van der Waals surface area contributed by atoms with Crippen molar-refractivity contribution in [3.05, 3.63) is 30.7 Å². The molecule has 2 aliphatic heterocycles.